The highest BCUT2D eigenvalue weighted by molar-refractivity contribution is 5.22. The van der Waals surface area contributed by atoms with Crippen molar-refractivity contribution in [3.05, 3.63) is 53.1 Å². The van der Waals surface area contributed by atoms with Crippen LogP contribution in [-0.2, 0) is 13.0 Å². The van der Waals surface area contributed by atoms with Crippen molar-refractivity contribution in [2.45, 2.75) is 46.2 Å². The molecule has 1 aromatic heterocycles. The summed E-state index contributed by atoms with van der Waals surface area (Å²) in [5.74, 6) is -0.192. The fourth-order valence-corrected chi connectivity index (χ4v) is 2.57. The van der Waals surface area contributed by atoms with Gasteiger partial charge in [0.2, 0.25) is 0 Å². The summed E-state index contributed by atoms with van der Waals surface area (Å²) in [4.78, 5) is 0. The third-order valence-corrected chi connectivity index (χ3v) is 3.61. The Hall–Kier alpha value is -1.68. The fraction of sp³-hybridized carbons (Fsp3) is 0.471. The summed E-state index contributed by atoms with van der Waals surface area (Å²) < 4.78 is 15.2. The molecule has 1 atom stereocenters. The molecule has 0 bridgehead atoms. The first-order chi connectivity index (χ1) is 10.1. The van der Waals surface area contributed by atoms with Crippen molar-refractivity contribution in [3.63, 3.8) is 0 Å². The van der Waals surface area contributed by atoms with Crippen LogP contribution < -0.4 is 5.32 Å². The predicted molar refractivity (Wildman–Crippen MR) is 83.8 cm³/mol. The molecule has 2 rings (SSSR count). The number of rotatable bonds is 7. The standard InChI is InChI=1S/C17H24FN3/c1-4-10-19-17(14-6-8-15(18)9-7-14)12-16-11-13(3)20-21(16)5-2/h6-9,11,17,19H,4-5,10,12H2,1-3H3. The van der Waals surface area contributed by atoms with Crippen molar-refractivity contribution in [1.82, 2.24) is 15.1 Å². The Bertz CT molecular complexity index is 560. The lowest BCUT2D eigenvalue weighted by molar-refractivity contribution is 0.501. The van der Waals surface area contributed by atoms with Gasteiger partial charge in [-0.1, -0.05) is 19.1 Å². The molecule has 0 fully saturated rings. The minimum atomic E-state index is -0.192. The predicted octanol–water partition coefficient (Wildman–Crippen LogP) is 3.63. The monoisotopic (exact) mass is 289 g/mol. The van der Waals surface area contributed by atoms with Gasteiger partial charge >= 0.3 is 0 Å². The number of benzene rings is 1. The van der Waals surface area contributed by atoms with Crippen molar-refractivity contribution in [2.24, 2.45) is 0 Å². The minimum Gasteiger partial charge on any atom is -0.310 e. The third kappa shape index (κ3) is 4.14. The number of halogens is 1. The van der Waals surface area contributed by atoms with Crippen LogP contribution in [0.2, 0.25) is 0 Å². The first kappa shape index (κ1) is 15.7. The SMILES string of the molecule is CCCNC(Cc1cc(C)nn1CC)c1ccc(F)cc1. The van der Waals surface area contributed by atoms with E-state index in [4.69, 9.17) is 0 Å². The van der Waals surface area contributed by atoms with Gasteiger partial charge in [-0.15, -0.1) is 0 Å². The normalized spacial score (nSPS) is 12.6. The first-order valence-corrected chi connectivity index (χ1v) is 7.66. The lowest BCUT2D eigenvalue weighted by atomic mass is 10.0. The molecule has 21 heavy (non-hydrogen) atoms. The summed E-state index contributed by atoms with van der Waals surface area (Å²) in [5, 5.41) is 8.05. The van der Waals surface area contributed by atoms with Crippen LogP contribution in [0.4, 0.5) is 4.39 Å². The molecule has 3 nitrogen and oxygen atoms in total. The molecule has 1 aromatic carbocycles. The molecule has 114 valence electrons. The summed E-state index contributed by atoms with van der Waals surface area (Å²) in [7, 11) is 0. The van der Waals surface area contributed by atoms with Crippen LogP contribution >= 0.6 is 0 Å². The van der Waals surface area contributed by atoms with E-state index in [2.05, 4.69) is 30.3 Å². The van der Waals surface area contributed by atoms with E-state index in [1.54, 1.807) is 0 Å². The fourth-order valence-electron chi connectivity index (χ4n) is 2.57. The second-order valence-corrected chi connectivity index (χ2v) is 5.36. The van der Waals surface area contributed by atoms with Crippen molar-refractivity contribution in [1.29, 1.82) is 0 Å². The zero-order valence-corrected chi connectivity index (χ0v) is 13.1. The molecule has 0 radical (unpaired) electrons. The summed E-state index contributed by atoms with van der Waals surface area (Å²) in [6.07, 6.45) is 1.93. The zero-order valence-electron chi connectivity index (χ0n) is 13.1. The smallest absolute Gasteiger partial charge is 0.123 e. The topological polar surface area (TPSA) is 29.9 Å². The van der Waals surface area contributed by atoms with Gasteiger partial charge in [0.15, 0.2) is 0 Å². The maximum Gasteiger partial charge on any atom is 0.123 e. The van der Waals surface area contributed by atoms with Gasteiger partial charge in [-0.2, -0.15) is 5.10 Å². The van der Waals surface area contributed by atoms with E-state index < -0.39 is 0 Å². The van der Waals surface area contributed by atoms with Crippen LogP contribution in [0, 0.1) is 12.7 Å². The van der Waals surface area contributed by atoms with E-state index in [-0.39, 0.29) is 11.9 Å². The summed E-state index contributed by atoms with van der Waals surface area (Å²) in [5.41, 5.74) is 3.37. The van der Waals surface area contributed by atoms with Crippen molar-refractivity contribution in [2.75, 3.05) is 6.54 Å². The van der Waals surface area contributed by atoms with E-state index in [0.29, 0.717) is 0 Å². The number of aryl methyl sites for hydroxylation is 2. The highest BCUT2D eigenvalue weighted by Gasteiger charge is 2.15. The summed E-state index contributed by atoms with van der Waals surface area (Å²) >= 11 is 0. The maximum atomic E-state index is 13.1. The third-order valence-electron chi connectivity index (χ3n) is 3.61. The summed E-state index contributed by atoms with van der Waals surface area (Å²) in [6, 6.07) is 9.10. The second kappa shape index (κ2) is 7.36. The molecule has 0 aliphatic rings. The van der Waals surface area contributed by atoms with Gasteiger partial charge in [0, 0.05) is 24.7 Å². The number of hydrogen-bond acceptors (Lipinski definition) is 2. The molecule has 2 aromatic rings. The average Bonchev–Trinajstić information content (AvgIpc) is 2.84. The maximum absolute atomic E-state index is 13.1. The number of aromatic nitrogens is 2. The largest absolute Gasteiger partial charge is 0.310 e. The Morgan fingerprint density at radius 2 is 1.95 bits per heavy atom. The van der Waals surface area contributed by atoms with E-state index in [1.165, 1.54) is 17.8 Å². The molecule has 0 aliphatic heterocycles. The van der Waals surface area contributed by atoms with Gasteiger partial charge in [0.05, 0.1) is 5.69 Å². The highest BCUT2D eigenvalue weighted by Crippen LogP contribution is 2.20. The van der Waals surface area contributed by atoms with Crippen molar-refractivity contribution >= 4 is 0 Å². The van der Waals surface area contributed by atoms with E-state index in [0.717, 1.165) is 37.2 Å². The first-order valence-electron chi connectivity index (χ1n) is 7.66. The average molecular weight is 289 g/mol. The molecule has 0 aliphatic carbocycles. The number of nitrogens with zero attached hydrogens (tertiary/aromatic N) is 2. The van der Waals surface area contributed by atoms with Crippen LogP contribution in [0.1, 0.15) is 43.3 Å². The Labute approximate surface area is 126 Å². The van der Waals surface area contributed by atoms with Gasteiger partial charge in [-0.05, 0) is 50.6 Å². The molecule has 0 spiro atoms. The second-order valence-electron chi connectivity index (χ2n) is 5.36. The quantitative estimate of drug-likeness (QED) is 0.843. The van der Waals surface area contributed by atoms with Crippen LogP contribution in [0.25, 0.3) is 0 Å². The molecule has 1 N–H and O–H groups in total. The molecular formula is C17H24FN3. The van der Waals surface area contributed by atoms with Crippen LogP contribution in [0.15, 0.2) is 30.3 Å². The molecule has 0 amide bonds. The molecule has 4 heteroatoms. The van der Waals surface area contributed by atoms with Crippen molar-refractivity contribution < 1.29 is 4.39 Å². The van der Waals surface area contributed by atoms with Crippen LogP contribution in [0.5, 0.6) is 0 Å². The Kier molecular flexibility index (Phi) is 5.51. The Balaban J connectivity index is 2.21. The van der Waals surface area contributed by atoms with Gasteiger partial charge in [-0.25, -0.2) is 4.39 Å². The Morgan fingerprint density at radius 3 is 2.57 bits per heavy atom. The number of hydrogen-bond donors (Lipinski definition) is 1. The molecular weight excluding hydrogens is 265 g/mol. The number of nitrogens with one attached hydrogen (secondary N) is 1. The van der Waals surface area contributed by atoms with Crippen LogP contribution in [-0.4, -0.2) is 16.3 Å². The lowest BCUT2D eigenvalue weighted by Crippen LogP contribution is -2.25. The van der Waals surface area contributed by atoms with Crippen molar-refractivity contribution in [3.8, 4) is 0 Å². The lowest BCUT2D eigenvalue weighted by Gasteiger charge is -2.19. The van der Waals surface area contributed by atoms with Crippen LogP contribution in [0.3, 0.4) is 0 Å². The minimum absolute atomic E-state index is 0.187. The molecule has 0 saturated heterocycles. The van der Waals surface area contributed by atoms with Gasteiger partial charge in [0.25, 0.3) is 0 Å². The van der Waals surface area contributed by atoms with E-state index in [1.807, 2.05) is 23.7 Å². The van der Waals surface area contributed by atoms with E-state index >= 15 is 0 Å². The molecule has 1 unspecified atom stereocenters. The molecule has 1 heterocycles. The zero-order chi connectivity index (χ0) is 15.2. The Morgan fingerprint density at radius 1 is 1.24 bits per heavy atom. The highest BCUT2D eigenvalue weighted by atomic mass is 19.1. The molecule has 0 saturated carbocycles. The van der Waals surface area contributed by atoms with Gasteiger partial charge < -0.3 is 5.32 Å². The van der Waals surface area contributed by atoms with E-state index in [9.17, 15) is 4.39 Å². The van der Waals surface area contributed by atoms with Gasteiger partial charge in [-0.3, -0.25) is 4.68 Å². The van der Waals surface area contributed by atoms with Gasteiger partial charge in [0.1, 0.15) is 5.82 Å². The summed E-state index contributed by atoms with van der Waals surface area (Å²) in [6.45, 7) is 8.08.